The van der Waals surface area contributed by atoms with Gasteiger partial charge in [-0.3, -0.25) is 8.74 Å². The molecule has 2 rings (SSSR count). The maximum atomic E-state index is 11.1. The molecule has 0 bridgehead atoms. The highest BCUT2D eigenvalue weighted by Crippen LogP contribution is 2.70. The largest absolute Gasteiger partial charge is 0.303 e. The molecule has 0 amide bonds. The Kier molecular flexibility index (Phi) is 5.55. The van der Waals surface area contributed by atoms with E-state index in [-0.39, 0.29) is 5.25 Å². The number of benzene rings is 2. The summed E-state index contributed by atoms with van der Waals surface area (Å²) in [6.07, 6.45) is 0. The van der Waals surface area contributed by atoms with Crippen molar-refractivity contribution in [3.05, 3.63) is 60.7 Å². The normalized spacial score (nSPS) is 19.9. The standard InChI is InChI=1S/C16H22O4S2/c1-14(2)21(17,15-10-6-4-7-11-15)20-22(18,19-3)16-12-8-5-9-13-16/h4-14,17-18H,1-3H3. The van der Waals surface area contributed by atoms with Gasteiger partial charge in [0.25, 0.3) is 0 Å². The van der Waals surface area contributed by atoms with Crippen molar-refractivity contribution in [2.45, 2.75) is 28.9 Å². The van der Waals surface area contributed by atoms with Gasteiger partial charge in [-0.2, -0.15) is 3.63 Å². The first kappa shape index (κ1) is 17.3. The quantitative estimate of drug-likeness (QED) is 0.730. The van der Waals surface area contributed by atoms with Crippen LogP contribution in [-0.2, 0) is 7.81 Å². The molecule has 2 N–H and O–H groups in total. The second-order valence-corrected chi connectivity index (χ2v) is 9.80. The Morgan fingerprint density at radius 1 is 0.818 bits per heavy atom. The van der Waals surface area contributed by atoms with E-state index in [0.717, 1.165) is 0 Å². The van der Waals surface area contributed by atoms with Crippen LogP contribution >= 0.6 is 21.5 Å². The lowest BCUT2D eigenvalue weighted by molar-refractivity contribution is 0.322. The first-order valence-corrected chi connectivity index (χ1v) is 9.91. The average molecular weight is 342 g/mol. The Labute approximate surface area is 135 Å². The molecule has 0 spiro atoms. The van der Waals surface area contributed by atoms with Crippen molar-refractivity contribution in [3.63, 3.8) is 0 Å². The van der Waals surface area contributed by atoms with Gasteiger partial charge >= 0.3 is 0 Å². The van der Waals surface area contributed by atoms with E-state index in [2.05, 4.69) is 0 Å². The zero-order chi connectivity index (χ0) is 16.2. The van der Waals surface area contributed by atoms with Crippen LogP contribution in [0.5, 0.6) is 0 Å². The molecule has 2 aromatic rings. The smallest absolute Gasteiger partial charge is 0.138 e. The summed E-state index contributed by atoms with van der Waals surface area (Å²) in [6, 6.07) is 18.0. The summed E-state index contributed by atoms with van der Waals surface area (Å²) in [5.41, 5.74) is 0. The summed E-state index contributed by atoms with van der Waals surface area (Å²) in [5.74, 6) is 0. The molecule has 6 heteroatoms. The highest BCUT2D eigenvalue weighted by atomic mass is 32.4. The minimum atomic E-state index is -3.02. The number of hydrogen-bond donors (Lipinski definition) is 2. The van der Waals surface area contributed by atoms with E-state index in [9.17, 15) is 9.11 Å². The summed E-state index contributed by atoms with van der Waals surface area (Å²) < 4.78 is 33.1. The second-order valence-electron chi connectivity index (χ2n) is 4.95. The zero-order valence-electron chi connectivity index (χ0n) is 12.9. The fourth-order valence-electron chi connectivity index (χ4n) is 1.90. The van der Waals surface area contributed by atoms with Crippen molar-refractivity contribution >= 4 is 21.5 Å². The van der Waals surface area contributed by atoms with Gasteiger partial charge in [-0.25, -0.2) is 0 Å². The van der Waals surface area contributed by atoms with Crippen LogP contribution < -0.4 is 0 Å². The summed E-state index contributed by atoms with van der Waals surface area (Å²) >= 11 is 0. The molecule has 0 aliphatic rings. The van der Waals surface area contributed by atoms with E-state index in [1.54, 1.807) is 36.4 Å². The lowest BCUT2D eigenvalue weighted by atomic mass is 10.4. The van der Waals surface area contributed by atoms with Crippen LogP contribution in [0.3, 0.4) is 0 Å². The molecule has 2 aromatic carbocycles. The van der Waals surface area contributed by atoms with Gasteiger partial charge in [-0.15, -0.1) is 10.6 Å². The number of rotatable bonds is 6. The van der Waals surface area contributed by atoms with E-state index in [1.807, 2.05) is 38.1 Å². The predicted octanol–water partition coefficient (Wildman–Crippen LogP) is 5.48. The van der Waals surface area contributed by atoms with Gasteiger partial charge < -0.3 is 4.55 Å². The minimum absolute atomic E-state index is 0.201. The maximum Gasteiger partial charge on any atom is 0.138 e. The van der Waals surface area contributed by atoms with E-state index in [4.69, 9.17) is 7.81 Å². The second kappa shape index (κ2) is 7.04. The highest BCUT2D eigenvalue weighted by Gasteiger charge is 2.36. The van der Waals surface area contributed by atoms with E-state index in [0.29, 0.717) is 9.79 Å². The molecule has 0 heterocycles. The first-order chi connectivity index (χ1) is 10.4. The van der Waals surface area contributed by atoms with Crippen LogP contribution in [0.15, 0.2) is 70.5 Å². The van der Waals surface area contributed by atoms with Crippen molar-refractivity contribution in [3.8, 4) is 0 Å². The third kappa shape index (κ3) is 3.48. The van der Waals surface area contributed by atoms with Crippen LogP contribution in [0.2, 0.25) is 0 Å². The Balaban J connectivity index is 2.42. The van der Waals surface area contributed by atoms with Crippen molar-refractivity contribution in [1.29, 1.82) is 0 Å². The Hall–Kier alpha value is -1.02. The average Bonchev–Trinajstić information content (AvgIpc) is 2.56. The van der Waals surface area contributed by atoms with Crippen molar-refractivity contribution in [2.24, 2.45) is 0 Å². The fourth-order valence-corrected chi connectivity index (χ4v) is 6.29. The molecule has 0 radical (unpaired) electrons. The molecule has 0 saturated carbocycles. The molecule has 0 fully saturated rings. The summed E-state index contributed by atoms with van der Waals surface area (Å²) in [4.78, 5) is 1.17. The Morgan fingerprint density at radius 3 is 1.68 bits per heavy atom. The molecule has 0 saturated heterocycles. The number of hydrogen-bond acceptors (Lipinski definition) is 4. The lowest BCUT2D eigenvalue weighted by Crippen LogP contribution is -2.18. The van der Waals surface area contributed by atoms with E-state index in [1.165, 1.54) is 7.11 Å². The summed E-state index contributed by atoms with van der Waals surface area (Å²) in [5, 5.41) is -0.201. The van der Waals surface area contributed by atoms with Crippen LogP contribution in [-0.4, -0.2) is 21.5 Å². The molecule has 4 nitrogen and oxygen atoms in total. The molecule has 0 aliphatic carbocycles. The monoisotopic (exact) mass is 342 g/mol. The van der Waals surface area contributed by atoms with Gasteiger partial charge in [0.15, 0.2) is 0 Å². The van der Waals surface area contributed by atoms with Crippen LogP contribution in [0, 0.1) is 0 Å². The Bertz CT molecular complexity index is 594. The van der Waals surface area contributed by atoms with Crippen molar-refractivity contribution in [1.82, 2.24) is 0 Å². The van der Waals surface area contributed by atoms with Gasteiger partial charge in [-0.1, -0.05) is 36.4 Å². The maximum absolute atomic E-state index is 11.1. The van der Waals surface area contributed by atoms with Gasteiger partial charge in [0, 0.05) is 5.25 Å². The zero-order valence-corrected chi connectivity index (χ0v) is 14.5. The third-order valence-corrected chi connectivity index (χ3v) is 8.30. The van der Waals surface area contributed by atoms with Crippen molar-refractivity contribution in [2.75, 3.05) is 7.11 Å². The Morgan fingerprint density at radius 2 is 1.27 bits per heavy atom. The van der Waals surface area contributed by atoms with Gasteiger partial charge in [0.1, 0.15) is 10.9 Å². The fraction of sp³-hybridized carbons (Fsp3) is 0.250. The topological polar surface area (TPSA) is 58.9 Å². The third-order valence-electron chi connectivity index (χ3n) is 3.18. The molecule has 2 unspecified atom stereocenters. The predicted molar refractivity (Wildman–Crippen MR) is 93.1 cm³/mol. The van der Waals surface area contributed by atoms with E-state index >= 15 is 0 Å². The van der Waals surface area contributed by atoms with Crippen LogP contribution in [0.4, 0.5) is 0 Å². The molecular formula is C16H22O4S2. The van der Waals surface area contributed by atoms with Crippen LogP contribution in [0.25, 0.3) is 0 Å². The van der Waals surface area contributed by atoms with E-state index < -0.39 is 21.5 Å². The van der Waals surface area contributed by atoms with Gasteiger partial charge in [-0.05, 0) is 38.1 Å². The van der Waals surface area contributed by atoms with Gasteiger partial charge in [0.05, 0.1) is 16.9 Å². The van der Waals surface area contributed by atoms with Crippen molar-refractivity contribution < 1.29 is 16.9 Å². The molecule has 2 atom stereocenters. The SMILES string of the molecule is COS(O)(OS(O)(c1ccccc1)C(C)C)c1ccccc1. The molecule has 0 aliphatic heterocycles. The summed E-state index contributed by atoms with van der Waals surface area (Å²) in [7, 11) is -4.33. The van der Waals surface area contributed by atoms with Gasteiger partial charge in [0.2, 0.25) is 0 Å². The summed E-state index contributed by atoms with van der Waals surface area (Å²) in [6.45, 7) is 3.73. The minimum Gasteiger partial charge on any atom is -0.303 e. The first-order valence-electron chi connectivity index (χ1n) is 6.89. The van der Waals surface area contributed by atoms with Crippen LogP contribution in [0.1, 0.15) is 13.8 Å². The lowest BCUT2D eigenvalue weighted by Gasteiger charge is -2.47. The molecular weight excluding hydrogens is 320 g/mol. The molecule has 122 valence electrons. The molecule has 0 aromatic heterocycles. The molecule has 22 heavy (non-hydrogen) atoms. The highest BCUT2D eigenvalue weighted by molar-refractivity contribution is 8.35.